The van der Waals surface area contributed by atoms with E-state index < -0.39 is 53.2 Å². The highest BCUT2D eigenvalue weighted by atomic mass is 16.6. The molecule has 1 aliphatic rings. The second-order valence-electron chi connectivity index (χ2n) is 15.1. The number of carbonyl (C=O) groups excluding carboxylic acids is 4. The lowest BCUT2D eigenvalue weighted by molar-refractivity contribution is -0.159. The number of ether oxygens (including phenoxy) is 2. The number of nitrogens with one attached hydrogen (secondary N) is 2. The van der Waals surface area contributed by atoms with Crippen LogP contribution < -0.4 is 10.6 Å². The van der Waals surface area contributed by atoms with E-state index in [0.29, 0.717) is 17.5 Å². The van der Waals surface area contributed by atoms with Gasteiger partial charge in [0, 0.05) is 18.9 Å². The van der Waals surface area contributed by atoms with Crippen LogP contribution in [-0.4, -0.2) is 63.2 Å². The summed E-state index contributed by atoms with van der Waals surface area (Å²) >= 11 is 0. The molecule has 10 nitrogen and oxygen atoms in total. The van der Waals surface area contributed by atoms with Crippen molar-refractivity contribution in [1.82, 2.24) is 15.5 Å². The first kappa shape index (κ1) is 38.0. The van der Waals surface area contributed by atoms with Crippen LogP contribution in [0.5, 0.6) is 5.75 Å². The van der Waals surface area contributed by atoms with Gasteiger partial charge in [0.2, 0.25) is 11.8 Å². The Bertz CT molecular complexity index is 1640. The molecular formula is C40H51N3O7. The SMILES string of the molecule is Cc1ccccc1C(C(=O)NC(Cc1ccccc1)C(=O)OC(C)(C)C)N(C(=O)C(Cc1ccc(O)cc1)NC(=O)OC(C)(C)C)C1CC1C. The van der Waals surface area contributed by atoms with Crippen LogP contribution in [0.15, 0.2) is 78.9 Å². The summed E-state index contributed by atoms with van der Waals surface area (Å²) in [5.41, 5.74) is 1.28. The van der Waals surface area contributed by atoms with Gasteiger partial charge in [0.05, 0.1) is 0 Å². The van der Waals surface area contributed by atoms with Crippen LogP contribution in [0.4, 0.5) is 4.79 Å². The Balaban J connectivity index is 1.77. The number of rotatable bonds is 12. The van der Waals surface area contributed by atoms with Crippen molar-refractivity contribution in [1.29, 1.82) is 0 Å². The molecular weight excluding hydrogens is 634 g/mol. The minimum atomic E-state index is -1.14. The normalized spacial score (nSPS) is 17.4. The average Bonchev–Trinajstić information content (AvgIpc) is 3.74. The third kappa shape index (κ3) is 10.8. The molecule has 4 rings (SSSR count). The molecule has 0 aliphatic heterocycles. The number of carbonyl (C=O) groups is 4. The number of nitrogens with zero attached hydrogens (tertiary/aromatic N) is 1. The van der Waals surface area contributed by atoms with E-state index in [2.05, 4.69) is 10.6 Å². The van der Waals surface area contributed by atoms with Crippen molar-refractivity contribution in [3.63, 3.8) is 0 Å². The summed E-state index contributed by atoms with van der Waals surface area (Å²) in [6.07, 6.45) is 0.133. The third-order valence-electron chi connectivity index (χ3n) is 8.34. The molecule has 3 N–H and O–H groups in total. The Labute approximate surface area is 295 Å². The Morgan fingerprint density at radius 3 is 1.88 bits per heavy atom. The van der Waals surface area contributed by atoms with E-state index in [-0.39, 0.29) is 30.6 Å². The van der Waals surface area contributed by atoms with Gasteiger partial charge in [0.15, 0.2) is 0 Å². The zero-order valence-electron chi connectivity index (χ0n) is 30.4. The summed E-state index contributed by atoms with van der Waals surface area (Å²) < 4.78 is 11.3. The monoisotopic (exact) mass is 685 g/mol. The maximum atomic E-state index is 14.9. The number of alkyl carbamates (subject to hydrolysis) is 1. The smallest absolute Gasteiger partial charge is 0.408 e. The molecule has 10 heteroatoms. The predicted octanol–water partition coefficient (Wildman–Crippen LogP) is 6.18. The zero-order chi connectivity index (χ0) is 36.8. The number of aryl methyl sites for hydroxylation is 1. The second-order valence-corrected chi connectivity index (χ2v) is 15.1. The maximum absolute atomic E-state index is 14.9. The fraction of sp³-hybridized carbons (Fsp3) is 0.450. The van der Waals surface area contributed by atoms with Crippen molar-refractivity contribution < 1.29 is 33.8 Å². The second kappa shape index (κ2) is 15.8. The van der Waals surface area contributed by atoms with Gasteiger partial charge in [-0.2, -0.15) is 0 Å². The lowest BCUT2D eigenvalue weighted by Crippen LogP contribution is -2.56. The van der Waals surface area contributed by atoms with Crippen LogP contribution in [0.2, 0.25) is 0 Å². The maximum Gasteiger partial charge on any atom is 0.408 e. The third-order valence-corrected chi connectivity index (χ3v) is 8.34. The quantitative estimate of drug-likeness (QED) is 0.194. The van der Waals surface area contributed by atoms with Gasteiger partial charge in [-0.3, -0.25) is 9.59 Å². The van der Waals surface area contributed by atoms with E-state index in [0.717, 1.165) is 11.1 Å². The Kier molecular flexibility index (Phi) is 12.0. The minimum Gasteiger partial charge on any atom is -0.508 e. The lowest BCUT2D eigenvalue weighted by Gasteiger charge is -2.36. The van der Waals surface area contributed by atoms with Gasteiger partial charge in [-0.1, -0.05) is 73.7 Å². The number of amides is 3. The average molecular weight is 686 g/mol. The summed E-state index contributed by atoms with van der Waals surface area (Å²) in [7, 11) is 0. The molecule has 0 saturated heterocycles. The Hall–Kier alpha value is -4.86. The summed E-state index contributed by atoms with van der Waals surface area (Å²) in [6.45, 7) is 14.4. The summed E-state index contributed by atoms with van der Waals surface area (Å²) in [5.74, 6) is -1.46. The van der Waals surface area contributed by atoms with E-state index in [4.69, 9.17) is 9.47 Å². The van der Waals surface area contributed by atoms with E-state index in [1.807, 2.05) is 68.4 Å². The van der Waals surface area contributed by atoms with Gasteiger partial charge in [-0.25, -0.2) is 9.59 Å². The number of benzene rings is 3. The van der Waals surface area contributed by atoms with Gasteiger partial charge >= 0.3 is 12.1 Å². The number of hydrogen-bond acceptors (Lipinski definition) is 7. The van der Waals surface area contributed by atoms with Crippen molar-refractivity contribution in [2.75, 3.05) is 0 Å². The fourth-order valence-electron chi connectivity index (χ4n) is 5.85. The topological polar surface area (TPSA) is 134 Å². The molecule has 3 amide bonds. The van der Waals surface area contributed by atoms with Crippen molar-refractivity contribution in [3.05, 3.63) is 101 Å². The van der Waals surface area contributed by atoms with Crippen LogP contribution >= 0.6 is 0 Å². The first-order valence-corrected chi connectivity index (χ1v) is 17.1. The molecule has 3 aromatic carbocycles. The molecule has 3 aromatic rings. The molecule has 0 bridgehead atoms. The Morgan fingerprint density at radius 2 is 1.32 bits per heavy atom. The summed E-state index contributed by atoms with van der Waals surface area (Å²) in [6, 6.07) is 19.5. The number of phenols is 1. The number of esters is 1. The van der Waals surface area contributed by atoms with E-state index >= 15 is 0 Å². The van der Waals surface area contributed by atoms with Gasteiger partial charge in [-0.05, 0) is 95.2 Å². The van der Waals surface area contributed by atoms with Gasteiger partial charge in [0.25, 0.3) is 0 Å². The number of hydrogen-bond donors (Lipinski definition) is 3. The van der Waals surface area contributed by atoms with Crippen LogP contribution in [0.1, 0.15) is 83.2 Å². The molecule has 268 valence electrons. The zero-order valence-corrected chi connectivity index (χ0v) is 30.4. The van der Waals surface area contributed by atoms with E-state index in [1.165, 1.54) is 12.1 Å². The highest BCUT2D eigenvalue weighted by molar-refractivity contribution is 5.94. The molecule has 5 unspecified atom stereocenters. The van der Waals surface area contributed by atoms with Crippen LogP contribution in [0.25, 0.3) is 0 Å². The van der Waals surface area contributed by atoms with Crippen molar-refractivity contribution in [3.8, 4) is 5.75 Å². The van der Waals surface area contributed by atoms with E-state index in [9.17, 15) is 24.3 Å². The highest BCUT2D eigenvalue weighted by Crippen LogP contribution is 2.41. The number of aromatic hydroxyl groups is 1. The predicted molar refractivity (Wildman–Crippen MR) is 191 cm³/mol. The van der Waals surface area contributed by atoms with Crippen molar-refractivity contribution in [2.24, 2.45) is 5.92 Å². The fourth-order valence-corrected chi connectivity index (χ4v) is 5.85. The van der Waals surface area contributed by atoms with Gasteiger partial charge in [-0.15, -0.1) is 0 Å². The van der Waals surface area contributed by atoms with Gasteiger partial charge in [0.1, 0.15) is 35.1 Å². The molecule has 0 spiro atoms. The largest absolute Gasteiger partial charge is 0.508 e. The van der Waals surface area contributed by atoms with Crippen molar-refractivity contribution in [2.45, 2.75) is 110 Å². The van der Waals surface area contributed by atoms with E-state index in [1.54, 1.807) is 58.6 Å². The lowest BCUT2D eigenvalue weighted by atomic mass is 9.96. The molecule has 50 heavy (non-hydrogen) atoms. The standard InChI is InChI=1S/C40H51N3O7/c1-25-14-12-13-17-30(25)34(35(45)41-32(37(47)49-39(3,4)5)24-27-15-10-9-11-16-27)43(33-22-26(33)2)36(46)31(42-38(48)50-40(6,7)8)23-28-18-20-29(44)21-19-28/h9-21,26,31-34,44H,22-24H2,1-8H3,(H,41,45)(H,42,48). The minimum absolute atomic E-state index is 0.0662. The number of phenolic OH excluding ortho intramolecular Hbond substituents is 1. The summed E-state index contributed by atoms with van der Waals surface area (Å²) in [5, 5.41) is 15.6. The first-order chi connectivity index (χ1) is 23.4. The van der Waals surface area contributed by atoms with Crippen molar-refractivity contribution >= 4 is 23.9 Å². The molecule has 1 saturated carbocycles. The van der Waals surface area contributed by atoms with Crippen LogP contribution in [0.3, 0.4) is 0 Å². The molecule has 0 heterocycles. The molecule has 1 fully saturated rings. The molecule has 0 radical (unpaired) electrons. The van der Waals surface area contributed by atoms with Gasteiger partial charge < -0.3 is 30.1 Å². The first-order valence-electron chi connectivity index (χ1n) is 17.1. The van der Waals surface area contributed by atoms with Crippen LogP contribution in [0, 0.1) is 12.8 Å². The highest BCUT2D eigenvalue weighted by Gasteiger charge is 2.49. The molecule has 5 atom stereocenters. The summed E-state index contributed by atoms with van der Waals surface area (Å²) in [4.78, 5) is 58.0. The van der Waals surface area contributed by atoms with Crippen LogP contribution in [-0.2, 0) is 36.7 Å². The Morgan fingerprint density at radius 1 is 0.780 bits per heavy atom. The molecule has 1 aliphatic carbocycles. The molecule has 0 aromatic heterocycles.